The second-order valence-corrected chi connectivity index (χ2v) is 2.91. The van der Waals surface area contributed by atoms with Crippen molar-refractivity contribution in [2.75, 3.05) is 11.5 Å². The van der Waals surface area contributed by atoms with Crippen molar-refractivity contribution in [3.05, 3.63) is 31.9 Å². The fraction of sp³-hybridized carbons (Fsp3) is 0.143. The van der Waals surface area contributed by atoms with Gasteiger partial charge in [-0.1, -0.05) is 0 Å². The molecule has 0 unspecified atom stereocenters. The highest BCUT2D eigenvalue weighted by Crippen LogP contribution is 2.38. The number of hydrogen-bond donors (Lipinski definition) is 2. The maximum Gasteiger partial charge on any atom is 0.321 e. The molecule has 0 fully saturated rings. The van der Waals surface area contributed by atoms with Crippen molar-refractivity contribution in [3.8, 4) is 0 Å². The molecule has 0 atom stereocenters. The van der Waals surface area contributed by atoms with Gasteiger partial charge in [0, 0.05) is 5.56 Å². The van der Waals surface area contributed by atoms with Crippen molar-refractivity contribution < 1.29 is 9.85 Å². The number of aryl methyl sites for hydroxylation is 1. The van der Waals surface area contributed by atoms with Gasteiger partial charge in [-0.05, 0) is 13.0 Å². The van der Waals surface area contributed by atoms with E-state index in [0.717, 1.165) is 6.07 Å². The van der Waals surface area contributed by atoms with Crippen LogP contribution in [0.2, 0.25) is 0 Å². The van der Waals surface area contributed by atoms with E-state index in [1.165, 1.54) is 6.92 Å². The molecule has 0 spiro atoms. The lowest BCUT2D eigenvalue weighted by Gasteiger charge is -2.04. The van der Waals surface area contributed by atoms with Crippen molar-refractivity contribution in [2.24, 2.45) is 0 Å². The SMILES string of the molecule is Cc1cc(N)c([N+](=O)[O-])c(N)c1[N+](=O)[O-]. The van der Waals surface area contributed by atoms with Gasteiger partial charge in [-0.25, -0.2) is 0 Å². The summed E-state index contributed by atoms with van der Waals surface area (Å²) in [7, 11) is 0. The fourth-order valence-electron chi connectivity index (χ4n) is 1.30. The number of anilines is 2. The number of nitro groups is 2. The summed E-state index contributed by atoms with van der Waals surface area (Å²) in [5.41, 5.74) is 9.08. The highest BCUT2D eigenvalue weighted by molar-refractivity contribution is 5.82. The third-order valence-corrected chi connectivity index (χ3v) is 1.89. The fourth-order valence-corrected chi connectivity index (χ4v) is 1.30. The number of nitro benzene ring substituents is 2. The molecule has 0 aliphatic rings. The zero-order valence-electron chi connectivity index (χ0n) is 7.76. The summed E-state index contributed by atoms with van der Waals surface area (Å²) >= 11 is 0. The first-order chi connectivity index (χ1) is 6.86. The zero-order chi connectivity index (χ0) is 11.7. The van der Waals surface area contributed by atoms with Crippen LogP contribution < -0.4 is 11.5 Å². The van der Waals surface area contributed by atoms with Gasteiger partial charge in [-0.3, -0.25) is 20.2 Å². The summed E-state index contributed by atoms with van der Waals surface area (Å²) < 4.78 is 0. The van der Waals surface area contributed by atoms with Gasteiger partial charge in [-0.15, -0.1) is 0 Å². The molecule has 0 aromatic heterocycles. The lowest BCUT2D eigenvalue weighted by Crippen LogP contribution is -2.05. The van der Waals surface area contributed by atoms with E-state index in [4.69, 9.17) is 11.5 Å². The minimum atomic E-state index is -0.836. The van der Waals surface area contributed by atoms with Crippen molar-refractivity contribution in [2.45, 2.75) is 6.92 Å². The Balaban J connectivity index is 3.64. The van der Waals surface area contributed by atoms with Crippen LogP contribution in [0.1, 0.15) is 5.56 Å². The maximum absolute atomic E-state index is 10.6. The molecule has 80 valence electrons. The number of rotatable bonds is 2. The van der Waals surface area contributed by atoms with E-state index < -0.39 is 26.9 Å². The summed E-state index contributed by atoms with van der Waals surface area (Å²) in [4.78, 5) is 19.5. The average molecular weight is 212 g/mol. The Morgan fingerprint density at radius 1 is 1.13 bits per heavy atom. The highest BCUT2D eigenvalue weighted by atomic mass is 16.6. The Labute approximate surface area is 83.8 Å². The van der Waals surface area contributed by atoms with Crippen molar-refractivity contribution in [1.29, 1.82) is 0 Å². The predicted molar refractivity (Wildman–Crippen MR) is 53.3 cm³/mol. The molecule has 0 radical (unpaired) electrons. The van der Waals surface area contributed by atoms with Crippen molar-refractivity contribution in [1.82, 2.24) is 0 Å². The third-order valence-electron chi connectivity index (χ3n) is 1.89. The molecule has 4 N–H and O–H groups in total. The molecule has 0 bridgehead atoms. The molecule has 1 aromatic rings. The Kier molecular flexibility index (Phi) is 2.43. The summed E-state index contributed by atoms with van der Waals surface area (Å²) in [6.45, 7) is 1.41. The largest absolute Gasteiger partial charge is 0.393 e. The molecule has 8 heteroatoms. The predicted octanol–water partition coefficient (Wildman–Crippen LogP) is 0.976. The van der Waals surface area contributed by atoms with Crippen LogP contribution in [-0.2, 0) is 0 Å². The van der Waals surface area contributed by atoms with E-state index in [1.54, 1.807) is 0 Å². The van der Waals surface area contributed by atoms with Crippen LogP contribution in [0.4, 0.5) is 22.7 Å². The minimum Gasteiger partial charge on any atom is -0.393 e. The van der Waals surface area contributed by atoms with Crippen molar-refractivity contribution >= 4 is 22.7 Å². The Morgan fingerprint density at radius 2 is 1.60 bits per heavy atom. The van der Waals surface area contributed by atoms with E-state index in [1.807, 2.05) is 0 Å². The Hall–Kier alpha value is -2.38. The molecule has 0 heterocycles. The number of nitrogens with zero attached hydrogens (tertiary/aromatic N) is 2. The number of nitrogen functional groups attached to an aromatic ring is 2. The molecule has 0 aliphatic heterocycles. The molecule has 1 rings (SSSR count). The van der Waals surface area contributed by atoms with Crippen LogP contribution in [0.25, 0.3) is 0 Å². The number of benzene rings is 1. The van der Waals surface area contributed by atoms with Crippen molar-refractivity contribution in [3.63, 3.8) is 0 Å². The summed E-state index contributed by atoms with van der Waals surface area (Å²) in [5.74, 6) is 0. The smallest absolute Gasteiger partial charge is 0.321 e. The molecular weight excluding hydrogens is 204 g/mol. The zero-order valence-corrected chi connectivity index (χ0v) is 7.76. The molecule has 1 aromatic carbocycles. The Bertz CT molecular complexity index is 419. The number of nitrogens with two attached hydrogens (primary N) is 2. The van der Waals surface area contributed by atoms with Crippen LogP contribution in [-0.4, -0.2) is 9.85 Å². The summed E-state index contributed by atoms with van der Waals surface area (Å²) in [6.07, 6.45) is 0. The van der Waals surface area contributed by atoms with Crippen LogP contribution in [0.5, 0.6) is 0 Å². The highest BCUT2D eigenvalue weighted by Gasteiger charge is 2.28. The molecule has 0 amide bonds. The molecule has 15 heavy (non-hydrogen) atoms. The standard InChI is InChI=1S/C7H8N4O4/c1-3-2-4(8)7(11(14)15)5(9)6(3)10(12)13/h2H,8-9H2,1H3. The van der Waals surface area contributed by atoms with Gasteiger partial charge in [0.05, 0.1) is 9.85 Å². The first-order valence-electron chi connectivity index (χ1n) is 3.83. The van der Waals surface area contributed by atoms with Crippen LogP contribution in [0.15, 0.2) is 6.07 Å². The summed E-state index contributed by atoms with van der Waals surface area (Å²) in [5, 5.41) is 21.1. The summed E-state index contributed by atoms with van der Waals surface area (Å²) in [6, 6.07) is 1.16. The van der Waals surface area contributed by atoms with Crippen LogP contribution >= 0.6 is 0 Å². The van der Waals surface area contributed by atoms with E-state index >= 15 is 0 Å². The second kappa shape index (κ2) is 3.40. The first kappa shape index (κ1) is 10.7. The van der Waals surface area contributed by atoms with E-state index in [-0.39, 0.29) is 11.3 Å². The number of hydrogen-bond acceptors (Lipinski definition) is 6. The van der Waals surface area contributed by atoms with E-state index in [9.17, 15) is 20.2 Å². The van der Waals surface area contributed by atoms with Crippen LogP contribution in [0.3, 0.4) is 0 Å². The van der Waals surface area contributed by atoms with Gasteiger partial charge in [0.25, 0.3) is 0 Å². The van der Waals surface area contributed by atoms with Gasteiger partial charge in [0.1, 0.15) is 5.69 Å². The molecular formula is C7H8N4O4. The molecule has 8 nitrogen and oxygen atoms in total. The normalized spacial score (nSPS) is 9.93. The molecule has 0 saturated heterocycles. The first-order valence-corrected chi connectivity index (χ1v) is 3.83. The molecule has 0 aliphatic carbocycles. The minimum absolute atomic E-state index is 0.180. The van der Waals surface area contributed by atoms with Gasteiger partial charge >= 0.3 is 11.4 Å². The Morgan fingerprint density at radius 3 is 2.00 bits per heavy atom. The average Bonchev–Trinajstić information content (AvgIpc) is 1.99. The lowest BCUT2D eigenvalue weighted by atomic mass is 10.1. The maximum atomic E-state index is 10.6. The monoisotopic (exact) mass is 212 g/mol. The van der Waals surface area contributed by atoms with E-state index in [0.29, 0.717) is 0 Å². The lowest BCUT2D eigenvalue weighted by molar-refractivity contribution is -0.392. The van der Waals surface area contributed by atoms with Gasteiger partial charge in [0.15, 0.2) is 5.69 Å². The van der Waals surface area contributed by atoms with Crippen LogP contribution in [0, 0.1) is 27.2 Å². The van der Waals surface area contributed by atoms with Gasteiger partial charge < -0.3 is 11.5 Å². The topological polar surface area (TPSA) is 138 Å². The second-order valence-electron chi connectivity index (χ2n) is 2.91. The van der Waals surface area contributed by atoms with Gasteiger partial charge in [0.2, 0.25) is 0 Å². The van der Waals surface area contributed by atoms with E-state index in [2.05, 4.69) is 0 Å². The third kappa shape index (κ3) is 1.64. The molecule has 0 saturated carbocycles. The van der Waals surface area contributed by atoms with Gasteiger partial charge in [-0.2, -0.15) is 0 Å². The quantitative estimate of drug-likeness (QED) is 0.425.